The molecule has 2 heterocycles. The number of benzene rings is 4. The van der Waals surface area contributed by atoms with Crippen molar-refractivity contribution in [1.29, 1.82) is 0 Å². The van der Waals surface area contributed by atoms with E-state index in [0.29, 0.717) is 32.5 Å². The standard InChI is InChI=1S/C30H18ClN5O7/c31-21-8-10-27-19(13-21)15-28(43-27)29-33-25-7-2-1-6-24(25)30(37)34(29)32-16-20-14-23(36(40)41)9-11-26(20)42-17-18-4-3-5-22(12-18)35(38)39/h1-16H,17H2. The van der Waals surface area contributed by atoms with Crippen LogP contribution in [-0.4, -0.2) is 25.7 Å². The molecule has 6 rings (SSSR count). The fourth-order valence-corrected chi connectivity index (χ4v) is 4.62. The highest BCUT2D eigenvalue weighted by atomic mass is 35.5. The first-order valence-corrected chi connectivity index (χ1v) is 13.0. The molecule has 0 saturated heterocycles. The van der Waals surface area contributed by atoms with Gasteiger partial charge in [-0.1, -0.05) is 35.9 Å². The van der Waals surface area contributed by atoms with E-state index in [2.05, 4.69) is 10.1 Å². The number of aromatic nitrogens is 2. The lowest BCUT2D eigenvalue weighted by molar-refractivity contribution is -0.385. The molecule has 0 unspecified atom stereocenters. The zero-order valence-corrected chi connectivity index (χ0v) is 22.7. The number of nitro benzene ring substituents is 2. The van der Waals surface area contributed by atoms with Gasteiger partial charge in [0.1, 0.15) is 17.9 Å². The molecular weight excluding hydrogens is 578 g/mol. The van der Waals surface area contributed by atoms with Crippen LogP contribution in [0.15, 0.2) is 105 Å². The molecule has 0 spiro atoms. The van der Waals surface area contributed by atoms with E-state index < -0.39 is 15.4 Å². The van der Waals surface area contributed by atoms with Gasteiger partial charge >= 0.3 is 0 Å². The number of ether oxygens (including phenoxy) is 1. The second-order valence-electron chi connectivity index (χ2n) is 9.30. The van der Waals surface area contributed by atoms with Crippen LogP contribution in [0.5, 0.6) is 5.75 Å². The topological polar surface area (TPSA) is 156 Å². The van der Waals surface area contributed by atoms with E-state index in [0.717, 1.165) is 4.68 Å². The van der Waals surface area contributed by atoms with Crippen LogP contribution in [-0.2, 0) is 6.61 Å². The predicted octanol–water partition coefficient (Wildman–Crippen LogP) is 6.74. The zero-order valence-electron chi connectivity index (χ0n) is 21.9. The number of fused-ring (bicyclic) bond motifs is 2. The van der Waals surface area contributed by atoms with Gasteiger partial charge in [-0.05, 0) is 48.0 Å². The van der Waals surface area contributed by atoms with Crippen molar-refractivity contribution in [2.45, 2.75) is 6.61 Å². The summed E-state index contributed by atoms with van der Waals surface area (Å²) in [4.78, 5) is 39.8. The van der Waals surface area contributed by atoms with Crippen LogP contribution in [0.25, 0.3) is 33.5 Å². The molecule has 0 saturated carbocycles. The molecule has 0 fully saturated rings. The number of hydrogen-bond acceptors (Lipinski definition) is 9. The van der Waals surface area contributed by atoms with Crippen molar-refractivity contribution in [3.8, 4) is 17.3 Å². The number of nitro groups is 2. The highest BCUT2D eigenvalue weighted by Crippen LogP contribution is 2.30. The van der Waals surface area contributed by atoms with Crippen LogP contribution < -0.4 is 10.3 Å². The van der Waals surface area contributed by atoms with Crippen molar-refractivity contribution in [1.82, 2.24) is 9.66 Å². The van der Waals surface area contributed by atoms with Crippen molar-refractivity contribution in [2.75, 3.05) is 0 Å². The van der Waals surface area contributed by atoms with Gasteiger partial charge in [-0.25, -0.2) is 4.98 Å². The molecule has 6 aromatic rings. The normalized spacial score (nSPS) is 11.4. The minimum absolute atomic E-state index is 0.0649. The molecule has 0 N–H and O–H groups in total. The van der Waals surface area contributed by atoms with Crippen molar-refractivity contribution in [3.05, 3.63) is 138 Å². The smallest absolute Gasteiger partial charge is 0.282 e. The third-order valence-electron chi connectivity index (χ3n) is 6.48. The van der Waals surface area contributed by atoms with Gasteiger partial charge < -0.3 is 9.15 Å². The van der Waals surface area contributed by atoms with E-state index in [-0.39, 0.29) is 40.9 Å². The molecule has 0 amide bonds. The number of halogens is 1. The second kappa shape index (κ2) is 11.2. The Morgan fingerprint density at radius 1 is 0.930 bits per heavy atom. The Kier molecular flexibility index (Phi) is 7.10. The number of nitrogens with zero attached hydrogens (tertiary/aromatic N) is 5. The molecule has 43 heavy (non-hydrogen) atoms. The van der Waals surface area contributed by atoms with Crippen LogP contribution in [0.2, 0.25) is 5.02 Å². The quantitative estimate of drug-likeness (QED) is 0.106. The van der Waals surface area contributed by atoms with Crippen LogP contribution >= 0.6 is 11.6 Å². The first-order valence-electron chi connectivity index (χ1n) is 12.7. The number of rotatable bonds is 8. The maximum absolute atomic E-state index is 13.6. The Bertz CT molecular complexity index is 2160. The lowest BCUT2D eigenvalue weighted by atomic mass is 10.2. The summed E-state index contributed by atoms with van der Waals surface area (Å²) in [6.45, 7) is -0.0649. The fourth-order valence-electron chi connectivity index (χ4n) is 4.44. The maximum Gasteiger partial charge on any atom is 0.282 e. The summed E-state index contributed by atoms with van der Waals surface area (Å²) in [6.07, 6.45) is 1.25. The highest BCUT2D eigenvalue weighted by Gasteiger charge is 2.18. The van der Waals surface area contributed by atoms with Crippen LogP contribution in [0.1, 0.15) is 11.1 Å². The van der Waals surface area contributed by atoms with E-state index in [4.69, 9.17) is 20.8 Å². The van der Waals surface area contributed by atoms with Crippen molar-refractivity contribution in [2.24, 2.45) is 5.10 Å². The van der Waals surface area contributed by atoms with Gasteiger partial charge in [0, 0.05) is 40.2 Å². The minimum atomic E-state index is -0.573. The Hall–Kier alpha value is -5.88. The number of non-ortho nitro benzene ring substituents is 2. The third kappa shape index (κ3) is 5.54. The summed E-state index contributed by atoms with van der Waals surface area (Å²) >= 11 is 6.14. The van der Waals surface area contributed by atoms with Crippen molar-refractivity contribution in [3.63, 3.8) is 0 Å². The predicted molar refractivity (Wildman–Crippen MR) is 160 cm³/mol. The first kappa shape index (κ1) is 27.3. The van der Waals surface area contributed by atoms with Gasteiger partial charge in [-0.2, -0.15) is 9.78 Å². The molecular formula is C30H18ClN5O7. The average Bonchev–Trinajstić information content (AvgIpc) is 3.43. The lowest BCUT2D eigenvalue weighted by Gasteiger charge is -2.10. The molecule has 0 bridgehead atoms. The van der Waals surface area contributed by atoms with E-state index in [1.807, 2.05) is 0 Å². The summed E-state index contributed by atoms with van der Waals surface area (Å²) < 4.78 is 12.9. The largest absolute Gasteiger partial charge is 0.488 e. The SMILES string of the molecule is O=c1c2ccccc2nc(-c2cc3cc(Cl)ccc3o2)n1N=Cc1cc([N+](=O)[O-])ccc1OCc1cccc([N+](=O)[O-])c1. The molecule has 12 nitrogen and oxygen atoms in total. The monoisotopic (exact) mass is 595 g/mol. The summed E-state index contributed by atoms with van der Waals surface area (Å²) in [5, 5.41) is 28.6. The van der Waals surface area contributed by atoms with Crippen LogP contribution in [0.4, 0.5) is 11.4 Å². The van der Waals surface area contributed by atoms with Gasteiger partial charge in [0.25, 0.3) is 16.9 Å². The maximum atomic E-state index is 13.6. The highest BCUT2D eigenvalue weighted by molar-refractivity contribution is 6.31. The fraction of sp³-hybridized carbons (Fsp3) is 0.0333. The Morgan fingerprint density at radius 2 is 1.72 bits per heavy atom. The number of para-hydroxylation sites is 1. The summed E-state index contributed by atoms with van der Waals surface area (Å²) in [5.74, 6) is 0.540. The number of hydrogen-bond donors (Lipinski definition) is 0. The average molecular weight is 596 g/mol. The Balaban J connectivity index is 1.44. The van der Waals surface area contributed by atoms with E-state index in [1.165, 1.54) is 42.6 Å². The molecule has 0 aliphatic heterocycles. The van der Waals surface area contributed by atoms with E-state index in [1.54, 1.807) is 54.6 Å². The lowest BCUT2D eigenvalue weighted by Crippen LogP contribution is -2.20. The number of furan rings is 1. The molecule has 0 aliphatic carbocycles. The minimum Gasteiger partial charge on any atom is -0.488 e. The Labute approximate surface area is 246 Å². The molecule has 0 atom stereocenters. The van der Waals surface area contributed by atoms with Gasteiger partial charge in [-0.3, -0.25) is 25.0 Å². The molecule has 0 radical (unpaired) electrons. The van der Waals surface area contributed by atoms with Crippen molar-refractivity contribution >= 4 is 51.1 Å². The molecule has 0 aliphatic rings. The molecule has 13 heteroatoms. The summed E-state index contributed by atoms with van der Waals surface area (Å²) in [5.41, 5.74) is 0.800. The molecule has 2 aromatic heterocycles. The second-order valence-corrected chi connectivity index (χ2v) is 9.74. The van der Waals surface area contributed by atoms with Crippen LogP contribution in [0, 0.1) is 20.2 Å². The van der Waals surface area contributed by atoms with E-state index in [9.17, 15) is 25.0 Å². The summed E-state index contributed by atoms with van der Waals surface area (Å²) in [7, 11) is 0. The molecule has 212 valence electrons. The van der Waals surface area contributed by atoms with Gasteiger partial charge in [-0.15, -0.1) is 0 Å². The van der Waals surface area contributed by atoms with Crippen molar-refractivity contribution < 1.29 is 19.0 Å². The zero-order chi connectivity index (χ0) is 30.1. The van der Waals surface area contributed by atoms with Gasteiger partial charge in [0.15, 0.2) is 5.76 Å². The Morgan fingerprint density at radius 3 is 2.53 bits per heavy atom. The molecule has 4 aromatic carbocycles. The van der Waals surface area contributed by atoms with Crippen LogP contribution in [0.3, 0.4) is 0 Å². The van der Waals surface area contributed by atoms with E-state index >= 15 is 0 Å². The van der Waals surface area contributed by atoms with Gasteiger partial charge in [0.05, 0.1) is 27.0 Å². The third-order valence-corrected chi connectivity index (χ3v) is 6.72. The first-order chi connectivity index (χ1) is 20.8. The van der Waals surface area contributed by atoms with Gasteiger partial charge in [0.2, 0.25) is 5.82 Å². The summed E-state index contributed by atoms with van der Waals surface area (Å²) in [6, 6.07) is 23.3.